The molecule has 48 heavy (non-hydrogen) atoms. The van der Waals surface area contributed by atoms with Crippen LogP contribution in [0.2, 0.25) is 0 Å². The van der Waals surface area contributed by atoms with Crippen LogP contribution in [0, 0.1) is 0 Å². The molecule has 0 spiro atoms. The summed E-state index contributed by atoms with van der Waals surface area (Å²) >= 11 is 0. The second-order valence-corrected chi connectivity index (χ2v) is 21.5. The fraction of sp³-hybridized carbons (Fsp3) is 0.578. The van der Waals surface area contributed by atoms with E-state index in [9.17, 15) is 9.90 Å². The minimum absolute atomic E-state index is 0.0221. The summed E-state index contributed by atoms with van der Waals surface area (Å²) in [5.74, 6) is -0.995. The highest BCUT2D eigenvalue weighted by atomic mass is 32.2. The Bertz CT molecular complexity index is 1390. The predicted octanol–water partition coefficient (Wildman–Crippen LogP) is 11.7. The van der Waals surface area contributed by atoms with E-state index >= 15 is 0 Å². The van der Waals surface area contributed by atoms with Crippen LogP contribution in [-0.2, 0) is 48.2 Å². The SMILES string of the molecule is CC(C)(C)c1cc(C(C)(C)C)c([S+](c2ccccc2)c2c(C(C)(C)C)cc(C(C)(C)C)cc2C(C)(C)C)c(C(C)(C)C)c1.CCC(=O)[O-]. The predicted molar refractivity (Wildman–Crippen MR) is 209 cm³/mol. The lowest BCUT2D eigenvalue weighted by Crippen LogP contribution is -2.30. The molecule has 0 aliphatic carbocycles. The number of hydrogen-bond donors (Lipinski definition) is 0. The van der Waals surface area contributed by atoms with E-state index in [0.717, 1.165) is 0 Å². The first-order valence-electron chi connectivity index (χ1n) is 17.8. The highest BCUT2D eigenvalue weighted by Gasteiger charge is 2.46. The van der Waals surface area contributed by atoms with E-state index in [1.165, 1.54) is 55.0 Å². The van der Waals surface area contributed by atoms with Gasteiger partial charge in [-0.2, -0.15) is 0 Å². The Labute approximate surface area is 298 Å². The molecule has 0 saturated heterocycles. The van der Waals surface area contributed by atoms with Crippen LogP contribution in [0.1, 0.15) is 171 Å². The van der Waals surface area contributed by atoms with Crippen molar-refractivity contribution >= 4 is 16.9 Å². The molecule has 2 nitrogen and oxygen atoms in total. The number of aliphatic carboxylic acids is 1. The maximum atomic E-state index is 9.26. The number of carbonyl (C=O) groups excluding carboxylic acids is 1. The summed E-state index contributed by atoms with van der Waals surface area (Å²) in [6.45, 7) is 44.6. The van der Waals surface area contributed by atoms with Gasteiger partial charge < -0.3 is 9.90 Å². The minimum Gasteiger partial charge on any atom is -0.550 e. The van der Waals surface area contributed by atoms with Crippen molar-refractivity contribution in [2.75, 3.05) is 0 Å². The molecule has 3 heteroatoms. The highest BCUT2D eigenvalue weighted by molar-refractivity contribution is 7.97. The van der Waals surface area contributed by atoms with Crippen molar-refractivity contribution in [2.24, 2.45) is 0 Å². The van der Waals surface area contributed by atoms with Gasteiger partial charge in [0.25, 0.3) is 0 Å². The second kappa shape index (κ2) is 14.4. The maximum absolute atomic E-state index is 9.26. The highest BCUT2D eigenvalue weighted by Crippen LogP contribution is 2.50. The number of carboxylic acids is 1. The molecule has 3 rings (SSSR count). The van der Waals surface area contributed by atoms with E-state index in [-0.39, 0.29) is 49.8 Å². The van der Waals surface area contributed by atoms with Crippen LogP contribution < -0.4 is 5.11 Å². The molecule has 266 valence electrons. The van der Waals surface area contributed by atoms with Crippen molar-refractivity contribution in [1.29, 1.82) is 0 Å². The quantitative estimate of drug-likeness (QED) is 0.259. The number of rotatable bonds is 4. The Morgan fingerprint density at radius 1 is 0.500 bits per heavy atom. The van der Waals surface area contributed by atoms with Crippen LogP contribution >= 0.6 is 0 Å². The zero-order chi connectivity index (χ0) is 37.4. The Kier molecular flexibility index (Phi) is 12.5. The third-order valence-corrected chi connectivity index (χ3v) is 11.3. The molecule has 0 aliphatic rings. The second-order valence-electron chi connectivity index (χ2n) is 19.6. The molecule has 0 heterocycles. The van der Waals surface area contributed by atoms with Gasteiger partial charge in [-0.15, -0.1) is 0 Å². The molecule has 0 amide bonds. The van der Waals surface area contributed by atoms with Gasteiger partial charge in [-0.3, -0.25) is 0 Å². The molecule has 0 saturated carbocycles. The number of hydrogen-bond acceptors (Lipinski definition) is 2. The fourth-order valence-electron chi connectivity index (χ4n) is 5.69. The van der Waals surface area contributed by atoms with Crippen LogP contribution in [0.25, 0.3) is 0 Å². The monoisotopic (exact) mass is 672 g/mol. The topological polar surface area (TPSA) is 40.1 Å². The third-order valence-electron chi connectivity index (χ3n) is 8.82. The molecule has 0 unspecified atom stereocenters. The van der Waals surface area contributed by atoms with Gasteiger partial charge >= 0.3 is 0 Å². The van der Waals surface area contributed by atoms with Crippen LogP contribution in [0.3, 0.4) is 0 Å². The van der Waals surface area contributed by atoms with Crippen molar-refractivity contribution in [3.05, 3.63) is 88.0 Å². The standard InChI is InChI=1S/C42H63S.C3H6O2/c1-37(2,3)28-24-31(39(7,8)9)35(32(25-28)40(10,11)12)43(30-22-20-19-21-23-30)36-33(41(13,14)15)26-29(38(4,5)6)27-34(36)42(16,17)18;1-2-3(4)5/h19-27H,1-18H3;2H2,1H3,(H,4,5)/q+1;/p-1. The molecule has 0 aromatic heterocycles. The van der Waals surface area contributed by atoms with Gasteiger partial charge in [-0.1, -0.05) is 150 Å². The number of benzene rings is 3. The van der Waals surface area contributed by atoms with Crippen LogP contribution in [0.15, 0.2) is 69.3 Å². The first kappa shape index (κ1) is 41.7. The summed E-state index contributed by atoms with van der Waals surface area (Å²) in [7, 11) is -0.317. The first-order valence-corrected chi connectivity index (χ1v) is 19.0. The largest absolute Gasteiger partial charge is 0.550 e. The van der Waals surface area contributed by atoms with E-state index in [1.807, 2.05) is 0 Å². The minimum atomic E-state index is -0.995. The summed E-state index contributed by atoms with van der Waals surface area (Å²) in [6.07, 6.45) is 0.111. The number of carboxylic acid groups (broad SMARTS) is 1. The Hall–Kier alpha value is -2.52. The van der Waals surface area contributed by atoms with Gasteiger partial charge in [-0.05, 0) is 86.4 Å². The van der Waals surface area contributed by atoms with Crippen molar-refractivity contribution in [3.8, 4) is 0 Å². The van der Waals surface area contributed by atoms with Crippen LogP contribution in [0.5, 0.6) is 0 Å². The van der Waals surface area contributed by atoms with Crippen molar-refractivity contribution < 1.29 is 9.90 Å². The maximum Gasteiger partial charge on any atom is 0.174 e. The van der Waals surface area contributed by atoms with E-state index in [0.29, 0.717) is 0 Å². The average molecular weight is 673 g/mol. The molecular weight excluding hydrogens is 605 g/mol. The van der Waals surface area contributed by atoms with E-state index < -0.39 is 5.97 Å². The van der Waals surface area contributed by atoms with E-state index in [2.05, 4.69) is 179 Å². The molecule has 0 radical (unpaired) electrons. The zero-order valence-corrected chi connectivity index (χ0v) is 34.9. The zero-order valence-electron chi connectivity index (χ0n) is 34.1. The molecule has 0 atom stereocenters. The van der Waals surface area contributed by atoms with Gasteiger partial charge in [0.2, 0.25) is 0 Å². The first-order chi connectivity index (χ1) is 21.4. The molecule has 0 N–H and O–H groups in total. The molecule has 0 fully saturated rings. The van der Waals surface area contributed by atoms with Gasteiger partial charge in [0, 0.05) is 28.2 Å². The van der Waals surface area contributed by atoms with E-state index in [4.69, 9.17) is 0 Å². The Morgan fingerprint density at radius 2 is 0.750 bits per heavy atom. The molecule has 3 aromatic rings. The van der Waals surface area contributed by atoms with Crippen molar-refractivity contribution in [1.82, 2.24) is 0 Å². The average Bonchev–Trinajstić information content (AvgIpc) is 2.90. The lowest BCUT2D eigenvalue weighted by molar-refractivity contribution is -0.305. The van der Waals surface area contributed by atoms with Gasteiger partial charge in [0.1, 0.15) is 10.9 Å². The molecule has 0 aliphatic heterocycles. The summed E-state index contributed by atoms with van der Waals surface area (Å²) in [5.41, 5.74) is 8.82. The normalized spacial score (nSPS) is 13.3. The van der Waals surface area contributed by atoms with Crippen LogP contribution in [0.4, 0.5) is 0 Å². The smallest absolute Gasteiger partial charge is 0.174 e. The van der Waals surface area contributed by atoms with Crippen molar-refractivity contribution in [2.45, 2.75) is 185 Å². The van der Waals surface area contributed by atoms with Gasteiger partial charge in [-0.25, -0.2) is 0 Å². The fourth-order valence-corrected chi connectivity index (χ4v) is 9.13. The van der Waals surface area contributed by atoms with Gasteiger partial charge in [0.15, 0.2) is 14.7 Å². The van der Waals surface area contributed by atoms with E-state index in [1.54, 1.807) is 0 Å². The Balaban J connectivity index is 0.00000149. The van der Waals surface area contributed by atoms with Gasteiger partial charge in [0.05, 0.1) is 0 Å². The third kappa shape index (κ3) is 10.3. The van der Waals surface area contributed by atoms with Crippen LogP contribution in [-0.4, -0.2) is 5.97 Å². The molecule has 0 bridgehead atoms. The summed E-state index contributed by atoms with van der Waals surface area (Å²) in [6, 6.07) is 21.7. The lowest BCUT2D eigenvalue weighted by atomic mass is 9.75. The molecular formula is C45H68O2S. The number of carbonyl (C=O) groups is 1. The molecule has 3 aromatic carbocycles. The summed E-state index contributed by atoms with van der Waals surface area (Å²) in [5, 5.41) is 9.26. The Morgan fingerprint density at radius 3 is 0.938 bits per heavy atom. The summed E-state index contributed by atoms with van der Waals surface area (Å²) in [4.78, 5) is 13.7. The summed E-state index contributed by atoms with van der Waals surface area (Å²) < 4.78 is 0. The lowest BCUT2D eigenvalue weighted by Gasteiger charge is -2.35. The van der Waals surface area contributed by atoms with Crippen molar-refractivity contribution in [3.63, 3.8) is 0 Å².